The average molecular weight is 270 g/mol. The molecule has 108 valence electrons. The van der Waals surface area contributed by atoms with Crippen molar-refractivity contribution in [1.29, 1.82) is 0 Å². The second-order valence-corrected chi connectivity index (χ2v) is 5.82. The van der Waals surface area contributed by atoms with Gasteiger partial charge >= 0.3 is 0 Å². The molecule has 0 radical (unpaired) electrons. The molecule has 1 aromatic carbocycles. The van der Waals surface area contributed by atoms with Crippen LogP contribution in [0.15, 0.2) is 42.1 Å². The van der Waals surface area contributed by atoms with E-state index in [9.17, 15) is 5.11 Å². The highest BCUT2D eigenvalue weighted by atomic mass is 16.3. The Labute approximate surface area is 123 Å². The van der Waals surface area contributed by atoms with E-state index in [0.29, 0.717) is 0 Å². The van der Waals surface area contributed by atoms with Crippen LogP contribution in [0.2, 0.25) is 0 Å². The maximum atomic E-state index is 11.0. The third-order valence-electron chi connectivity index (χ3n) is 4.16. The van der Waals surface area contributed by atoms with Crippen LogP contribution in [0.4, 0.5) is 0 Å². The molecule has 20 heavy (non-hydrogen) atoms. The van der Waals surface area contributed by atoms with Gasteiger partial charge in [0, 0.05) is 5.57 Å². The van der Waals surface area contributed by atoms with Crippen LogP contribution in [0.25, 0.3) is 5.57 Å². The smallest absolute Gasteiger partial charge is 0.0973 e. The maximum absolute atomic E-state index is 11.0. The van der Waals surface area contributed by atoms with E-state index in [0.717, 1.165) is 43.2 Å². The zero-order chi connectivity index (χ0) is 14.3. The van der Waals surface area contributed by atoms with E-state index in [2.05, 4.69) is 30.9 Å². The Kier molecular flexibility index (Phi) is 5.64. The fourth-order valence-electron chi connectivity index (χ4n) is 2.96. The summed E-state index contributed by atoms with van der Waals surface area (Å²) in [6.45, 7) is 2.20. The van der Waals surface area contributed by atoms with Crippen LogP contribution in [0.1, 0.15) is 63.9 Å². The molecule has 0 aliphatic heterocycles. The van der Waals surface area contributed by atoms with Crippen LogP contribution in [-0.4, -0.2) is 10.7 Å². The molecule has 1 aromatic rings. The number of rotatable bonds is 5. The summed E-state index contributed by atoms with van der Waals surface area (Å²) >= 11 is 0. The molecule has 1 N–H and O–H groups in total. The molecule has 2 rings (SSSR count). The number of hydrogen-bond donors (Lipinski definition) is 1. The summed E-state index contributed by atoms with van der Waals surface area (Å²) < 4.78 is 0. The highest BCUT2D eigenvalue weighted by molar-refractivity contribution is 5.71. The lowest BCUT2D eigenvalue weighted by Crippen LogP contribution is -2.32. The number of benzene rings is 1. The molecule has 0 atom stereocenters. The van der Waals surface area contributed by atoms with Crippen molar-refractivity contribution in [2.45, 2.75) is 63.9 Å². The maximum Gasteiger partial charge on any atom is 0.0973 e. The van der Waals surface area contributed by atoms with Gasteiger partial charge in [0.05, 0.1) is 5.60 Å². The number of hydrogen-bond acceptors (Lipinski definition) is 1. The monoisotopic (exact) mass is 270 g/mol. The first-order valence-electron chi connectivity index (χ1n) is 8.00. The van der Waals surface area contributed by atoms with Gasteiger partial charge in [-0.2, -0.15) is 0 Å². The molecule has 1 heteroatoms. The van der Waals surface area contributed by atoms with E-state index < -0.39 is 5.60 Å². The zero-order valence-corrected chi connectivity index (χ0v) is 12.6. The average Bonchev–Trinajstić information content (AvgIpc) is 2.49. The summed E-state index contributed by atoms with van der Waals surface area (Å²) in [5, 5.41) is 11.0. The van der Waals surface area contributed by atoms with Gasteiger partial charge in [-0.3, -0.25) is 0 Å². The van der Waals surface area contributed by atoms with Gasteiger partial charge in [0.15, 0.2) is 0 Å². The van der Waals surface area contributed by atoms with Gasteiger partial charge in [0.25, 0.3) is 0 Å². The molecule has 1 aliphatic rings. The molecule has 0 aromatic heterocycles. The minimum Gasteiger partial charge on any atom is -0.385 e. The van der Waals surface area contributed by atoms with Crippen molar-refractivity contribution in [2.24, 2.45) is 0 Å². The SMILES string of the molecule is CCCCC=C=C(c1ccccc1)C1(O)CCCCC1. The predicted molar refractivity (Wildman–Crippen MR) is 85.5 cm³/mol. The van der Waals surface area contributed by atoms with E-state index in [1.54, 1.807) is 0 Å². The fraction of sp³-hybridized carbons (Fsp3) is 0.526. The van der Waals surface area contributed by atoms with Gasteiger partial charge in [-0.1, -0.05) is 62.9 Å². The van der Waals surface area contributed by atoms with Crippen molar-refractivity contribution in [3.8, 4) is 0 Å². The fourth-order valence-corrected chi connectivity index (χ4v) is 2.96. The Balaban J connectivity index is 2.31. The van der Waals surface area contributed by atoms with E-state index >= 15 is 0 Å². The summed E-state index contributed by atoms with van der Waals surface area (Å²) in [5.74, 6) is 0. The lowest BCUT2D eigenvalue weighted by Gasteiger charge is -2.33. The molecule has 1 saturated carbocycles. The van der Waals surface area contributed by atoms with Gasteiger partial charge in [-0.25, -0.2) is 0 Å². The van der Waals surface area contributed by atoms with Crippen LogP contribution in [0, 0.1) is 0 Å². The molecule has 0 heterocycles. The van der Waals surface area contributed by atoms with Gasteiger partial charge < -0.3 is 5.11 Å². The first-order valence-corrected chi connectivity index (χ1v) is 8.00. The molecule has 0 saturated heterocycles. The minimum atomic E-state index is -0.678. The van der Waals surface area contributed by atoms with Gasteiger partial charge in [-0.05, 0) is 37.3 Å². The van der Waals surface area contributed by atoms with Crippen LogP contribution in [0.3, 0.4) is 0 Å². The largest absolute Gasteiger partial charge is 0.385 e. The Bertz CT molecular complexity index is 460. The van der Waals surface area contributed by atoms with Gasteiger partial charge in [0.2, 0.25) is 0 Å². The van der Waals surface area contributed by atoms with Crippen molar-refractivity contribution in [3.63, 3.8) is 0 Å². The predicted octanol–water partition coefficient (Wildman–Crippen LogP) is 5.11. The molecule has 0 unspecified atom stereocenters. The van der Waals surface area contributed by atoms with Crippen molar-refractivity contribution >= 4 is 5.57 Å². The first-order chi connectivity index (χ1) is 9.76. The second kappa shape index (κ2) is 7.47. The van der Waals surface area contributed by atoms with Crippen molar-refractivity contribution < 1.29 is 5.11 Å². The summed E-state index contributed by atoms with van der Waals surface area (Å²) in [6, 6.07) is 10.3. The number of aliphatic hydroxyl groups is 1. The summed E-state index contributed by atoms with van der Waals surface area (Å²) in [6.07, 6.45) is 10.7. The highest BCUT2D eigenvalue weighted by Gasteiger charge is 2.33. The van der Waals surface area contributed by atoms with Crippen molar-refractivity contribution in [1.82, 2.24) is 0 Å². The van der Waals surface area contributed by atoms with E-state index in [4.69, 9.17) is 0 Å². The van der Waals surface area contributed by atoms with Gasteiger partial charge in [-0.15, -0.1) is 5.73 Å². The first kappa shape index (κ1) is 15.1. The summed E-state index contributed by atoms with van der Waals surface area (Å²) in [4.78, 5) is 0. The quantitative estimate of drug-likeness (QED) is 0.582. The molecular weight excluding hydrogens is 244 g/mol. The van der Waals surface area contributed by atoms with Crippen LogP contribution < -0.4 is 0 Å². The molecule has 1 aliphatic carbocycles. The van der Waals surface area contributed by atoms with Gasteiger partial charge in [0.1, 0.15) is 0 Å². The third kappa shape index (κ3) is 3.85. The molecule has 1 nitrogen and oxygen atoms in total. The summed E-state index contributed by atoms with van der Waals surface area (Å²) in [7, 11) is 0. The Hall–Kier alpha value is -1.30. The van der Waals surface area contributed by atoms with E-state index in [1.165, 1.54) is 19.3 Å². The third-order valence-corrected chi connectivity index (χ3v) is 4.16. The molecule has 0 amide bonds. The highest BCUT2D eigenvalue weighted by Crippen LogP contribution is 2.38. The Morgan fingerprint density at radius 2 is 1.90 bits per heavy atom. The lowest BCUT2D eigenvalue weighted by molar-refractivity contribution is 0.0615. The standard InChI is InChI=1S/C19H26O/c1-2-3-4-9-14-18(17-12-7-5-8-13-17)19(20)15-10-6-11-16-19/h5,7-9,12-13,20H,2-4,6,10-11,15-16H2,1H3. The van der Waals surface area contributed by atoms with E-state index in [1.807, 2.05) is 18.2 Å². The van der Waals surface area contributed by atoms with E-state index in [-0.39, 0.29) is 0 Å². The van der Waals surface area contributed by atoms with Crippen LogP contribution >= 0.6 is 0 Å². The zero-order valence-electron chi connectivity index (χ0n) is 12.6. The van der Waals surface area contributed by atoms with Crippen LogP contribution in [0.5, 0.6) is 0 Å². The number of unbranched alkanes of at least 4 members (excludes halogenated alkanes) is 2. The second-order valence-electron chi connectivity index (χ2n) is 5.82. The minimum absolute atomic E-state index is 0.678. The Morgan fingerprint density at radius 3 is 2.55 bits per heavy atom. The lowest BCUT2D eigenvalue weighted by atomic mass is 9.77. The molecule has 0 bridgehead atoms. The molecule has 1 fully saturated rings. The van der Waals surface area contributed by atoms with Crippen molar-refractivity contribution in [2.75, 3.05) is 0 Å². The van der Waals surface area contributed by atoms with Crippen LogP contribution in [-0.2, 0) is 0 Å². The topological polar surface area (TPSA) is 20.2 Å². The molecular formula is C19H26O. The van der Waals surface area contributed by atoms with Crippen molar-refractivity contribution in [3.05, 3.63) is 47.7 Å². The Morgan fingerprint density at radius 1 is 1.20 bits per heavy atom. The summed E-state index contributed by atoms with van der Waals surface area (Å²) in [5.41, 5.74) is 4.85. The molecule has 0 spiro atoms. The normalized spacial score (nSPS) is 17.3.